The van der Waals surface area contributed by atoms with Gasteiger partial charge in [-0.15, -0.1) is 0 Å². The molecule has 4 rings (SSSR count). The molecule has 7 nitrogen and oxygen atoms in total. The van der Waals surface area contributed by atoms with Crippen LogP contribution in [0.15, 0.2) is 54.9 Å². The van der Waals surface area contributed by atoms with Crippen molar-refractivity contribution in [2.24, 2.45) is 0 Å². The van der Waals surface area contributed by atoms with Crippen molar-refractivity contribution in [3.63, 3.8) is 0 Å². The number of nitrogens with zero attached hydrogens (tertiary/aromatic N) is 3. The van der Waals surface area contributed by atoms with Crippen LogP contribution in [0.2, 0.25) is 0 Å². The molecule has 0 fully saturated rings. The van der Waals surface area contributed by atoms with E-state index in [1.807, 2.05) is 24.3 Å². The number of carbonyl (C=O) groups excluding carboxylic acids is 1. The molecule has 3 N–H and O–H groups in total. The summed E-state index contributed by atoms with van der Waals surface area (Å²) >= 11 is 1.36. The van der Waals surface area contributed by atoms with E-state index in [1.54, 1.807) is 0 Å². The van der Waals surface area contributed by atoms with E-state index in [9.17, 15) is 14.3 Å². The molecule has 0 saturated heterocycles. The van der Waals surface area contributed by atoms with Crippen molar-refractivity contribution >= 4 is 32.6 Å². The predicted octanol–water partition coefficient (Wildman–Crippen LogP) is 3.17. The summed E-state index contributed by atoms with van der Waals surface area (Å²) in [4.78, 5) is 24.8. The summed E-state index contributed by atoms with van der Waals surface area (Å²) in [5.74, 6) is -1.09. The average Bonchev–Trinajstić information content (AvgIpc) is 3.15. The number of anilines is 1. The molecule has 1 amide bonds. The fourth-order valence-corrected chi connectivity index (χ4v) is 3.57. The summed E-state index contributed by atoms with van der Waals surface area (Å²) in [6.45, 7) is -0.527. The highest BCUT2D eigenvalue weighted by Gasteiger charge is 2.15. The molecule has 0 aliphatic heterocycles. The predicted molar refractivity (Wildman–Crippen MR) is 107 cm³/mol. The third kappa shape index (κ3) is 3.97. The zero-order chi connectivity index (χ0) is 20.4. The van der Waals surface area contributed by atoms with Crippen molar-refractivity contribution in [2.75, 3.05) is 11.9 Å². The summed E-state index contributed by atoms with van der Waals surface area (Å²) in [5, 5.41) is 21.7. The Morgan fingerprint density at radius 3 is 2.69 bits per heavy atom. The Balaban J connectivity index is 1.52. The Morgan fingerprint density at radius 2 is 2.00 bits per heavy atom. The van der Waals surface area contributed by atoms with Crippen molar-refractivity contribution < 1.29 is 19.4 Å². The lowest BCUT2D eigenvalue weighted by Crippen LogP contribution is -2.13. The summed E-state index contributed by atoms with van der Waals surface area (Å²) in [7, 11) is 0. The van der Waals surface area contributed by atoms with E-state index in [0.717, 1.165) is 16.3 Å². The van der Waals surface area contributed by atoms with E-state index in [0.29, 0.717) is 10.7 Å². The first-order valence-electron chi connectivity index (χ1n) is 8.63. The quantitative estimate of drug-likeness (QED) is 0.466. The van der Waals surface area contributed by atoms with Crippen LogP contribution in [0, 0.1) is 5.82 Å². The van der Waals surface area contributed by atoms with Gasteiger partial charge in [0, 0.05) is 23.5 Å². The van der Waals surface area contributed by atoms with E-state index in [-0.39, 0.29) is 17.0 Å². The maximum absolute atomic E-state index is 14.3. The van der Waals surface area contributed by atoms with Gasteiger partial charge in [-0.25, -0.2) is 9.37 Å². The number of thiazole rings is 1. The molecule has 29 heavy (non-hydrogen) atoms. The molecular formula is C20H15FN4O3S. The van der Waals surface area contributed by atoms with Crippen LogP contribution in [0.25, 0.3) is 21.5 Å². The highest BCUT2D eigenvalue weighted by molar-refractivity contribution is 7.22. The van der Waals surface area contributed by atoms with Crippen LogP contribution < -0.4 is 5.32 Å². The van der Waals surface area contributed by atoms with E-state index in [4.69, 9.17) is 5.11 Å². The second kappa shape index (κ2) is 8.00. The summed E-state index contributed by atoms with van der Waals surface area (Å²) < 4.78 is 15.3. The number of hydrogen-bond acceptors (Lipinski definition) is 7. The van der Waals surface area contributed by atoms with Gasteiger partial charge in [0.05, 0.1) is 16.8 Å². The van der Waals surface area contributed by atoms with E-state index < -0.39 is 24.4 Å². The molecule has 0 bridgehead atoms. The number of rotatable bonds is 5. The number of carbonyl (C=O) groups is 1. The zero-order valence-corrected chi connectivity index (χ0v) is 15.7. The Labute approximate surface area is 168 Å². The summed E-state index contributed by atoms with van der Waals surface area (Å²) in [6.07, 6.45) is 1.44. The maximum atomic E-state index is 14.3. The molecule has 1 unspecified atom stereocenters. The van der Waals surface area contributed by atoms with Gasteiger partial charge >= 0.3 is 0 Å². The monoisotopic (exact) mass is 410 g/mol. The minimum atomic E-state index is -1.20. The number of amides is 1. The topological polar surface area (TPSA) is 108 Å². The molecule has 146 valence electrons. The third-order valence-corrected chi connectivity index (χ3v) is 5.16. The number of benzene rings is 1. The van der Waals surface area contributed by atoms with Crippen molar-refractivity contribution in [3.05, 3.63) is 71.9 Å². The lowest BCUT2D eigenvalue weighted by Gasteiger charge is -2.09. The Hall–Kier alpha value is -3.27. The second-order valence-electron chi connectivity index (χ2n) is 6.17. The van der Waals surface area contributed by atoms with Gasteiger partial charge < -0.3 is 10.2 Å². The molecule has 1 atom stereocenters. The summed E-state index contributed by atoms with van der Waals surface area (Å²) in [6, 6.07) is 11.7. The molecule has 3 heterocycles. The first kappa shape index (κ1) is 19.1. The lowest BCUT2D eigenvalue weighted by molar-refractivity contribution is 0.0951. The molecule has 1 aromatic carbocycles. The van der Waals surface area contributed by atoms with E-state index in [1.165, 1.54) is 35.9 Å². The third-order valence-electron chi connectivity index (χ3n) is 4.20. The van der Waals surface area contributed by atoms with E-state index >= 15 is 0 Å². The number of para-hydroxylation sites is 1. The second-order valence-corrected chi connectivity index (χ2v) is 7.20. The van der Waals surface area contributed by atoms with Gasteiger partial charge in [-0.1, -0.05) is 23.5 Å². The number of hydrogen-bond donors (Lipinski definition) is 3. The van der Waals surface area contributed by atoms with Crippen LogP contribution >= 0.6 is 11.3 Å². The standard InChI is InChI=1S/C20H15FN4O3S/c21-13-7-12(16(27)10-26)9-23-18(13)11-5-6-15(22-8-11)19(28)25-20-24-14-3-1-2-4-17(14)29-20/h1-9,16,26-27H,10H2,(H,24,25,28). The molecule has 0 spiro atoms. The Kier molecular flexibility index (Phi) is 5.26. The van der Waals surface area contributed by atoms with Gasteiger partial charge in [-0.05, 0) is 30.3 Å². The number of halogens is 1. The van der Waals surface area contributed by atoms with Crippen molar-refractivity contribution in [1.82, 2.24) is 15.0 Å². The first-order valence-corrected chi connectivity index (χ1v) is 9.44. The molecule has 9 heteroatoms. The van der Waals surface area contributed by atoms with Crippen LogP contribution in [-0.4, -0.2) is 37.7 Å². The minimum absolute atomic E-state index is 0.0320. The fourth-order valence-electron chi connectivity index (χ4n) is 2.71. The van der Waals surface area contributed by atoms with Gasteiger partial charge in [0.1, 0.15) is 23.3 Å². The van der Waals surface area contributed by atoms with Crippen LogP contribution in [-0.2, 0) is 0 Å². The van der Waals surface area contributed by atoms with Gasteiger partial charge in [0.2, 0.25) is 0 Å². The zero-order valence-electron chi connectivity index (χ0n) is 14.9. The number of aliphatic hydroxyl groups is 2. The average molecular weight is 410 g/mol. The molecule has 0 aliphatic carbocycles. The highest BCUT2D eigenvalue weighted by Crippen LogP contribution is 2.26. The number of fused-ring (bicyclic) bond motifs is 1. The lowest BCUT2D eigenvalue weighted by atomic mass is 10.1. The number of pyridine rings is 2. The van der Waals surface area contributed by atoms with Crippen LogP contribution in [0.1, 0.15) is 22.2 Å². The number of aliphatic hydroxyl groups excluding tert-OH is 2. The molecule has 0 aliphatic rings. The van der Waals surface area contributed by atoms with Crippen molar-refractivity contribution in [2.45, 2.75) is 6.10 Å². The normalized spacial score (nSPS) is 12.1. The fraction of sp³-hybridized carbons (Fsp3) is 0.100. The Bertz CT molecular complexity index is 1150. The SMILES string of the molecule is O=C(Nc1nc2ccccc2s1)c1ccc(-c2ncc(C(O)CO)cc2F)cn1. The molecular weight excluding hydrogens is 395 g/mol. The summed E-state index contributed by atoms with van der Waals surface area (Å²) in [5.41, 5.74) is 1.54. The van der Waals surface area contributed by atoms with E-state index in [2.05, 4.69) is 20.3 Å². The largest absolute Gasteiger partial charge is 0.393 e. The molecule has 0 saturated carbocycles. The van der Waals surface area contributed by atoms with Crippen LogP contribution in [0.3, 0.4) is 0 Å². The van der Waals surface area contributed by atoms with Gasteiger partial charge in [0.25, 0.3) is 5.91 Å². The highest BCUT2D eigenvalue weighted by atomic mass is 32.1. The molecule has 4 aromatic rings. The first-order chi connectivity index (χ1) is 14.0. The molecule has 0 radical (unpaired) electrons. The van der Waals surface area contributed by atoms with Crippen LogP contribution in [0.4, 0.5) is 9.52 Å². The Morgan fingerprint density at radius 1 is 1.17 bits per heavy atom. The smallest absolute Gasteiger partial charge is 0.276 e. The van der Waals surface area contributed by atoms with Crippen molar-refractivity contribution in [3.8, 4) is 11.3 Å². The number of aromatic nitrogens is 3. The molecule has 3 aromatic heterocycles. The minimum Gasteiger partial charge on any atom is -0.393 e. The maximum Gasteiger partial charge on any atom is 0.276 e. The van der Waals surface area contributed by atoms with Crippen LogP contribution in [0.5, 0.6) is 0 Å². The number of nitrogens with one attached hydrogen (secondary N) is 1. The van der Waals surface area contributed by atoms with Gasteiger partial charge in [0.15, 0.2) is 5.13 Å². The van der Waals surface area contributed by atoms with Gasteiger partial charge in [-0.2, -0.15) is 0 Å². The van der Waals surface area contributed by atoms with Gasteiger partial charge in [-0.3, -0.25) is 20.1 Å². The van der Waals surface area contributed by atoms with Crippen molar-refractivity contribution in [1.29, 1.82) is 0 Å².